The number of benzene rings is 2. The van der Waals surface area contributed by atoms with E-state index in [1.54, 1.807) is 25.3 Å². The average molecular weight is 286 g/mol. The molecular formula is C17H18O4. The first-order valence-electron chi connectivity index (χ1n) is 6.67. The van der Waals surface area contributed by atoms with E-state index in [1.165, 1.54) is 7.11 Å². The van der Waals surface area contributed by atoms with Gasteiger partial charge < -0.3 is 14.2 Å². The molecule has 0 aliphatic carbocycles. The standard InChI is InChI=1S/C17H18O4/c1-19-15-9-8-14(12-16(15)20-2)17(18)21-11-10-13-6-4-3-5-7-13/h3-9,12H,10-11H2,1-2H3. The summed E-state index contributed by atoms with van der Waals surface area (Å²) < 4.78 is 15.6. The van der Waals surface area contributed by atoms with E-state index in [1.807, 2.05) is 30.3 Å². The lowest BCUT2D eigenvalue weighted by Crippen LogP contribution is -2.08. The van der Waals surface area contributed by atoms with Crippen LogP contribution in [0.2, 0.25) is 0 Å². The minimum atomic E-state index is -0.369. The third kappa shape index (κ3) is 3.99. The topological polar surface area (TPSA) is 44.8 Å². The van der Waals surface area contributed by atoms with E-state index < -0.39 is 0 Å². The largest absolute Gasteiger partial charge is 0.493 e. The summed E-state index contributed by atoms with van der Waals surface area (Å²) in [6, 6.07) is 14.9. The van der Waals surface area contributed by atoms with Crippen molar-refractivity contribution in [3.8, 4) is 11.5 Å². The first kappa shape index (κ1) is 14.9. The van der Waals surface area contributed by atoms with Crippen LogP contribution in [0.1, 0.15) is 15.9 Å². The lowest BCUT2D eigenvalue weighted by molar-refractivity contribution is 0.0509. The van der Waals surface area contributed by atoms with E-state index in [0.717, 1.165) is 5.56 Å². The fourth-order valence-corrected chi connectivity index (χ4v) is 1.95. The van der Waals surface area contributed by atoms with Crippen molar-refractivity contribution in [1.82, 2.24) is 0 Å². The van der Waals surface area contributed by atoms with Crippen LogP contribution in [-0.2, 0) is 11.2 Å². The summed E-state index contributed by atoms with van der Waals surface area (Å²) in [4.78, 5) is 12.0. The predicted molar refractivity (Wildman–Crippen MR) is 80.0 cm³/mol. The van der Waals surface area contributed by atoms with E-state index in [9.17, 15) is 4.79 Å². The van der Waals surface area contributed by atoms with Crippen LogP contribution >= 0.6 is 0 Å². The van der Waals surface area contributed by atoms with Crippen molar-refractivity contribution in [3.63, 3.8) is 0 Å². The highest BCUT2D eigenvalue weighted by Crippen LogP contribution is 2.27. The fourth-order valence-electron chi connectivity index (χ4n) is 1.95. The van der Waals surface area contributed by atoms with Gasteiger partial charge in [-0.05, 0) is 23.8 Å². The number of hydrogen-bond donors (Lipinski definition) is 0. The van der Waals surface area contributed by atoms with Gasteiger partial charge in [-0.15, -0.1) is 0 Å². The van der Waals surface area contributed by atoms with Gasteiger partial charge in [-0.25, -0.2) is 4.79 Å². The molecule has 0 N–H and O–H groups in total. The molecular weight excluding hydrogens is 268 g/mol. The summed E-state index contributed by atoms with van der Waals surface area (Å²) >= 11 is 0. The zero-order chi connectivity index (χ0) is 15.1. The second kappa shape index (κ2) is 7.33. The van der Waals surface area contributed by atoms with Crippen LogP contribution in [0.5, 0.6) is 11.5 Å². The highest BCUT2D eigenvalue weighted by atomic mass is 16.5. The van der Waals surface area contributed by atoms with E-state index in [4.69, 9.17) is 14.2 Å². The molecule has 2 rings (SSSR count). The molecule has 21 heavy (non-hydrogen) atoms. The van der Waals surface area contributed by atoms with Crippen LogP contribution in [0.25, 0.3) is 0 Å². The van der Waals surface area contributed by atoms with Gasteiger partial charge >= 0.3 is 5.97 Å². The van der Waals surface area contributed by atoms with Gasteiger partial charge in [0.15, 0.2) is 11.5 Å². The second-order valence-electron chi connectivity index (χ2n) is 4.44. The molecule has 4 nitrogen and oxygen atoms in total. The van der Waals surface area contributed by atoms with Gasteiger partial charge in [0.25, 0.3) is 0 Å². The quantitative estimate of drug-likeness (QED) is 0.765. The van der Waals surface area contributed by atoms with Crippen molar-refractivity contribution in [2.75, 3.05) is 20.8 Å². The predicted octanol–water partition coefficient (Wildman–Crippen LogP) is 3.10. The number of carbonyl (C=O) groups excluding carboxylic acids is 1. The Labute approximate surface area is 124 Å². The molecule has 0 radical (unpaired) electrons. The van der Waals surface area contributed by atoms with Gasteiger partial charge in [0, 0.05) is 6.42 Å². The molecule has 0 heterocycles. The Bertz CT molecular complexity index is 593. The molecule has 0 aromatic heterocycles. The maximum Gasteiger partial charge on any atom is 0.338 e. The van der Waals surface area contributed by atoms with Crippen LogP contribution in [0.15, 0.2) is 48.5 Å². The SMILES string of the molecule is COc1ccc(C(=O)OCCc2ccccc2)cc1OC. The van der Waals surface area contributed by atoms with E-state index in [-0.39, 0.29) is 5.97 Å². The molecule has 110 valence electrons. The third-order valence-electron chi connectivity index (χ3n) is 3.09. The third-order valence-corrected chi connectivity index (χ3v) is 3.09. The smallest absolute Gasteiger partial charge is 0.338 e. The summed E-state index contributed by atoms with van der Waals surface area (Å²) in [6.45, 7) is 0.344. The van der Waals surface area contributed by atoms with Crippen molar-refractivity contribution in [3.05, 3.63) is 59.7 Å². The molecule has 2 aromatic rings. The average Bonchev–Trinajstić information content (AvgIpc) is 2.55. The molecule has 4 heteroatoms. The Balaban J connectivity index is 1.94. The van der Waals surface area contributed by atoms with Gasteiger partial charge in [0.1, 0.15) is 0 Å². The van der Waals surface area contributed by atoms with Gasteiger partial charge in [0.2, 0.25) is 0 Å². The van der Waals surface area contributed by atoms with Crippen molar-refractivity contribution in [2.24, 2.45) is 0 Å². The number of methoxy groups -OCH3 is 2. The monoisotopic (exact) mass is 286 g/mol. The van der Waals surface area contributed by atoms with Gasteiger partial charge in [-0.1, -0.05) is 30.3 Å². The Morgan fingerprint density at radius 1 is 0.952 bits per heavy atom. The molecule has 0 unspecified atom stereocenters. The summed E-state index contributed by atoms with van der Waals surface area (Å²) in [5, 5.41) is 0. The molecule has 0 fully saturated rings. The van der Waals surface area contributed by atoms with Crippen LogP contribution in [-0.4, -0.2) is 26.8 Å². The van der Waals surface area contributed by atoms with Crippen molar-refractivity contribution in [1.29, 1.82) is 0 Å². The van der Waals surface area contributed by atoms with E-state index in [2.05, 4.69) is 0 Å². The zero-order valence-electron chi connectivity index (χ0n) is 12.2. The number of esters is 1. The lowest BCUT2D eigenvalue weighted by atomic mass is 10.2. The second-order valence-corrected chi connectivity index (χ2v) is 4.44. The van der Waals surface area contributed by atoms with E-state index >= 15 is 0 Å². The number of ether oxygens (including phenoxy) is 3. The Morgan fingerprint density at radius 3 is 2.33 bits per heavy atom. The summed E-state index contributed by atoms with van der Waals surface area (Å²) in [5.41, 5.74) is 1.58. The van der Waals surface area contributed by atoms with Crippen molar-refractivity contribution in [2.45, 2.75) is 6.42 Å². The first-order valence-corrected chi connectivity index (χ1v) is 6.67. The number of carbonyl (C=O) groups is 1. The van der Waals surface area contributed by atoms with E-state index in [0.29, 0.717) is 30.1 Å². The molecule has 0 spiro atoms. The van der Waals surface area contributed by atoms with Crippen LogP contribution < -0.4 is 9.47 Å². The lowest BCUT2D eigenvalue weighted by Gasteiger charge is -2.09. The van der Waals surface area contributed by atoms with Gasteiger partial charge in [-0.2, -0.15) is 0 Å². The summed E-state index contributed by atoms with van der Waals surface area (Å²) in [7, 11) is 3.08. The molecule has 0 bridgehead atoms. The minimum Gasteiger partial charge on any atom is -0.493 e. The first-order chi connectivity index (χ1) is 10.2. The number of hydrogen-bond acceptors (Lipinski definition) is 4. The Hall–Kier alpha value is -2.49. The summed E-state index contributed by atoms with van der Waals surface area (Å²) in [6.07, 6.45) is 0.694. The molecule has 0 saturated heterocycles. The maximum absolute atomic E-state index is 12.0. The van der Waals surface area contributed by atoms with Crippen LogP contribution in [0.4, 0.5) is 0 Å². The molecule has 2 aromatic carbocycles. The maximum atomic E-state index is 12.0. The highest BCUT2D eigenvalue weighted by Gasteiger charge is 2.11. The van der Waals surface area contributed by atoms with Gasteiger partial charge in [0.05, 0.1) is 26.4 Å². The molecule has 0 amide bonds. The Morgan fingerprint density at radius 2 is 1.67 bits per heavy atom. The molecule has 0 saturated carbocycles. The summed E-state index contributed by atoms with van der Waals surface area (Å²) in [5.74, 6) is 0.722. The zero-order valence-corrected chi connectivity index (χ0v) is 12.2. The molecule has 0 aliphatic heterocycles. The normalized spacial score (nSPS) is 10.0. The molecule has 0 aliphatic rings. The molecule has 0 atom stereocenters. The number of rotatable bonds is 6. The van der Waals surface area contributed by atoms with Gasteiger partial charge in [-0.3, -0.25) is 0 Å². The highest BCUT2D eigenvalue weighted by molar-refractivity contribution is 5.90. The van der Waals surface area contributed by atoms with Crippen LogP contribution in [0, 0.1) is 0 Å². The van der Waals surface area contributed by atoms with Crippen LogP contribution in [0.3, 0.4) is 0 Å². The van der Waals surface area contributed by atoms with Crippen molar-refractivity contribution >= 4 is 5.97 Å². The fraction of sp³-hybridized carbons (Fsp3) is 0.235. The Kier molecular flexibility index (Phi) is 5.21. The van der Waals surface area contributed by atoms with Crippen molar-refractivity contribution < 1.29 is 19.0 Å². The minimum absolute atomic E-state index is 0.344.